The topological polar surface area (TPSA) is 63.8 Å². The summed E-state index contributed by atoms with van der Waals surface area (Å²) < 4.78 is 5.15. The molecular weight excluding hydrogens is 252 g/mol. The molecule has 0 saturated carbocycles. The predicted octanol–water partition coefficient (Wildman–Crippen LogP) is 2.67. The van der Waals surface area contributed by atoms with Crippen molar-refractivity contribution in [3.63, 3.8) is 0 Å². The lowest BCUT2D eigenvalue weighted by Crippen LogP contribution is -2.24. The van der Waals surface area contributed by atoms with Crippen LogP contribution < -0.4 is 5.32 Å². The second-order valence-electron chi connectivity index (χ2n) is 4.04. The molecule has 0 radical (unpaired) electrons. The molecule has 96 valence electrons. The van der Waals surface area contributed by atoms with Gasteiger partial charge in [0.05, 0.1) is 11.6 Å². The SMILES string of the molecule is CCC(C)NCc1nc(-c2ncccc2Cl)no1. The Labute approximate surface area is 111 Å². The quantitative estimate of drug-likeness (QED) is 0.901. The van der Waals surface area contributed by atoms with Gasteiger partial charge in [-0.15, -0.1) is 0 Å². The largest absolute Gasteiger partial charge is 0.337 e. The van der Waals surface area contributed by atoms with Gasteiger partial charge < -0.3 is 9.84 Å². The van der Waals surface area contributed by atoms with Crippen LogP contribution in [0.2, 0.25) is 5.02 Å². The van der Waals surface area contributed by atoms with Crippen LogP contribution in [0.3, 0.4) is 0 Å². The van der Waals surface area contributed by atoms with Crippen molar-refractivity contribution in [3.05, 3.63) is 29.2 Å². The maximum absolute atomic E-state index is 6.02. The molecule has 2 aromatic rings. The van der Waals surface area contributed by atoms with Crippen molar-refractivity contribution >= 4 is 11.6 Å². The Morgan fingerprint density at radius 1 is 1.50 bits per heavy atom. The molecule has 0 bridgehead atoms. The first kappa shape index (κ1) is 13.0. The zero-order chi connectivity index (χ0) is 13.0. The van der Waals surface area contributed by atoms with E-state index >= 15 is 0 Å². The summed E-state index contributed by atoms with van der Waals surface area (Å²) in [5.74, 6) is 0.952. The molecule has 5 nitrogen and oxygen atoms in total. The van der Waals surface area contributed by atoms with Gasteiger partial charge >= 0.3 is 0 Å². The normalized spacial score (nSPS) is 12.6. The van der Waals surface area contributed by atoms with Crippen LogP contribution in [0.4, 0.5) is 0 Å². The first-order valence-corrected chi connectivity index (χ1v) is 6.25. The highest BCUT2D eigenvalue weighted by molar-refractivity contribution is 6.32. The summed E-state index contributed by atoms with van der Waals surface area (Å²) in [6.07, 6.45) is 2.70. The lowest BCUT2D eigenvalue weighted by molar-refractivity contribution is 0.358. The molecule has 0 aromatic carbocycles. The molecule has 1 unspecified atom stereocenters. The molecule has 2 aromatic heterocycles. The number of aromatic nitrogens is 3. The number of hydrogen-bond acceptors (Lipinski definition) is 5. The fourth-order valence-corrected chi connectivity index (χ4v) is 1.59. The van der Waals surface area contributed by atoms with E-state index in [9.17, 15) is 0 Å². The van der Waals surface area contributed by atoms with Gasteiger partial charge in [-0.05, 0) is 25.5 Å². The zero-order valence-corrected chi connectivity index (χ0v) is 11.1. The van der Waals surface area contributed by atoms with Gasteiger partial charge in [0.1, 0.15) is 5.69 Å². The van der Waals surface area contributed by atoms with Crippen LogP contribution in [0, 0.1) is 0 Å². The highest BCUT2D eigenvalue weighted by Gasteiger charge is 2.12. The number of pyridine rings is 1. The van der Waals surface area contributed by atoms with Gasteiger partial charge in [0, 0.05) is 12.2 Å². The van der Waals surface area contributed by atoms with E-state index in [-0.39, 0.29) is 0 Å². The maximum Gasteiger partial charge on any atom is 0.240 e. The van der Waals surface area contributed by atoms with Gasteiger partial charge in [0.2, 0.25) is 11.7 Å². The molecule has 0 spiro atoms. The van der Waals surface area contributed by atoms with Crippen molar-refractivity contribution < 1.29 is 4.52 Å². The molecule has 0 aliphatic heterocycles. The Kier molecular flexibility index (Phi) is 4.28. The first-order valence-electron chi connectivity index (χ1n) is 5.87. The first-order chi connectivity index (χ1) is 8.70. The van der Waals surface area contributed by atoms with E-state index in [1.165, 1.54) is 0 Å². The number of nitrogens with zero attached hydrogens (tertiary/aromatic N) is 3. The Morgan fingerprint density at radius 3 is 3.06 bits per heavy atom. The van der Waals surface area contributed by atoms with Gasteiger partial charge in [0.25, 0.3) is 0 Å². The van der Waals surface area contributed by atoms with Crippen molar-refractivity contribution in [3.8, 4) is 11.5 Å². The number of nitrogens with one attached hydrogen (secondary N) is 1. The highest BCUT2D eigenvalue weighted by Crippen LogP contribution is 2.22. The Hall–Kier alpha value is -1.46. The van der Waals surface area contributed by atoms with Crippen molar-refractivity contribution in [2.24, 2.45) is 0 Å². The van der Waals surface area contributed by atoms with Gasteiger partial charge in [-0.1, -0.05) is 23.7 Å². The standard InChI is InChI=1S/C12H15ClN4O/c1-3-8(2)15-7-10-16-12(17-18-10)11-9(13)5-4-6-14-11/h4-6,8,15H,3,7H2,1-2H3. The molecule has 0 amide bonds. The molecule has 0 saturated heterocycles. The minimum atomic E-state index is 0.416. The molecule has 6 heteroatoms. The molecule has 18 heavy (non-hydrogen) atoms. The van der Waals surface area contributed by atoms with Crippen LogP contribution >= 0.6 is 11.6 Å². The summed E-state index contributed by atoms with van der Waals surface area (Å²) in [6, 6.07) is 3.92. The second-order valence-corrected chi connectivity index (χ2v) is 4.44. The maximum atomic E-state index is 6.02. The molecule has 0 aliphatic rings. The summed E-state index contributed by atoms with van der Waals surface area (Å²) in [7, 11) is 0. The van der Waals surface area contributed by atoms with Crippen LogP contribution in [0.5, 0.6) is 0 Å². The molecular formula is C12H15ClN4O. The highest BCUT2D eigenvalue weighted by atomic mass is 35.5. The number of hydrogen-bond donors (Lipinski definition) is 1. The molecule has 1 atom stereocenters. The summed E-state index contributed by atoms with van der Waals surface area (Å²) in [5, 5.41) is 7.67. The predicted molar refractivity (Wildman–Crippen MR) is 69.1 cm³/mol. The van der Waals surface area contributed by atoms with E-state index < -0.39 is 0 Å². The van der Waals surface area contributed by atoms with E-state index in [1.54, 1.807) is 18.3 Å². The third-order valence-electron chi connectivity index (χ3n) is 2.65. The third kappa shape index (κ3) is 3.05. The minimum Gasteiger partial charge on any atom is -0.337 e. The smallest absolute Gasteiger partial charge is 0.240 e. The van der Waals surface area contributed by atoms with Gasteiger partial charge in [0.15, 0.2) is 0 Å². The number of rotatable bonds is 5. The molecule has 1 N–H and O–H groups in total. The van der Waals surface area contributed by atoms with Crippen LogP contribution in [0.15, 0.2) is 22.9 Å². The van der Waals surface area contributed by atoms with E-state index in [4.69, 9.17) is 16.1 Å². The van der Waals surface area contributed by atoms with E-state index in [0.29, 0.717) is 35.0 Å². The summed E-state index contributed by atoms with van der Waals surface area (Å²) in [6.45, 7) is 4.77. The Morgan fingerprint density at radius 2 is 2.33 bits per heavy atom. The Balaban J connectivity index is 2.09. The average Bonchev–Trinajstić information content (AvgIpc) is 2.85. The zero-order valence-electron chi connectivity index (χ0n) is 10.4. The fraction of sp³-hybridized carbons (Fsp3) is 0.417. The summed E-state index contributed by atoms with van der Waals surface area (Å²) >= 11 is 6.02. The molecule has 0 aliphatic carbocycles. The summed E-state index contributed by atoms with van der Waals surface area (Å²) in [5.41, 5.74) is 0.540. The van der Waals surface area contributed by atoms with Crippen molar-refractivity contribution in [1.82, 2.24) is 20.4 Å². The lowest BCUT2D eigenvalue weighted by Gasteiger charge is -2.07. The van der Waals surface area contributed by atoms with E-state index in [0.717, 1.165) is 6.42 Å². The van der Waals surface area contributed by atoms with Crippen molar-refractivity contribution in [2.75, 3.05) is 0 Å². The van der Waals surface area contributed by atoms with Gasteiger partial charge in [-0.2, -0.15) is 4.98 Å². The lowest BCUT2D eigenvalue weighted by atomic mass is 10.3. The molecule has 2 heterocycles. The van der Waals surface area contributed by atoms with Crippen LogP contribution in [-0.4, -0.2) is 21.2 Å². The van der Waals surface area contributed by atoms with Crippen LogP contribution in [0.1, 0.15) is 26.2 Å². The number of halogens is 1. The summed E-state index contributed by atoms with van der Waals surface area (Å²) in [4.78, 5) is 8.40. The van der Waals surface area contributed by atoms with Crippen LogP contribution in [-0.2, 0) is 6.54 Å². The van der Waals surface area contributed by atoms with E-state index in [2.05, 4.69) is 34.3 Å². The van der Waals surface area contributed by atoms with E-state index in [1.807, 2.05) is 0 Å². The molecule has 0 fully saturated rings. The molecule has 2 rings (SSSR count). The van der Waals surface area contributed by atoms with Crippen LogP contribution in [0.25, 0.3) is 11.5 Å². The van der Waals surface area contributed by atoms with Crippen molar-refractivity contribution in [2.45, 2.75) is 32.9 Å². The monoisotopic (exact) mass is 266 g/mol. The third-order valence-corrected chi connectivity index (χ3v) is 2.96. The van der Waals surface area contributed by atoms with Crippen molar-refractivity contribution in [1.29, 1.82) is 0 Å². The second kappa shape index (κ2) is 5.93. The van der Waals surface area contributed by atoms with Gasteiger partial charge in [-0.3, -0.25) is 4.98 Å². The van der Waals surface area contributed by atoms with Gasteiger partial charge in [-0.25, -0.2) is 0 Å². The Bertz CT molecular complexity index is 514. The minimum absolute atomic E-state index is 0.416. The fourth-order valence-electron chi connectivity index (χ4n) is 1.38. The average molecular weight is 267 g/mol.